The average molecular weight is 274 g/mol. The van der Waals surface area contributed by atoms with Crippen LogP contribution in [-0.2, 0) is 6.42 Å². The summed E-state index contributed by atoms with van der Waals surface area (Å²) in [5.41, 5.74) is 6.87. The van der Waals surface area contributed by atoms with Gasteiger partial charge in [-0.1, -0.05) is 42.8 Å². The fourth-order valence-corrected chi connectivity index (χ4v) is 1.73. The minimum Gasteiger partial charge on any atom is -0.488 e. The summed E-state index contributed by atoms with van der Waals surface area (Å²) in [5, 5.41) is 1.13. The molecule has 0 fully saturated rings. The van der Waals surface area contributed by atoms with Crippen LogP contribution in [0, 0.1) is 0 Å². The third-order valence-electron chi connectivity index (χ3n) is 2.45. The molecule has 0 amide bonds. The Morgan fingerprint density at radius 2 is 2.24 bits per heavy atom. The topological polar surface area (TPSA) is 35.2 Å². The molecule has 0 bridgehead atoms. The number of hydrogen-bond donors (Lipinski definition) is 1. The first-order chi connectivity index (χ1) is 8.04. The lowest BCUT2D eigenvalue weighted by atomic mass is 10.0. The Kier molecular flexibility index (Phi) is 5.83. The van der Waals surface area contributed by atoms with Crippen molar-refractivity contribution in [1.82, 2.24) is 0 Å². The summed E-state index contributed by atoms with van der Waals surface area (Å²) in [5.74, 6) is 0.725. The molecule has 0 saturated carbocycles. The quantitative estimate of drug-likeness (QED) is 0.857. The van der Waals surface area contributed by atoms with Crippen molar-refractivity contribution in [2.24, 2.45) is 5.73 Å². The van der Waals surface area contributed by atoms with Crippen molar-refractivity contribution in [1.29, 1.82) is 0 Å². The molecule has 4 heteroatoms. The molecule has 0 heterocycles. The highest BCUT2D eigenvalue weighted by Crippen LogP contribution is 2.28. The van der Waals surface area contributed by atoms with Gasteiger partial charge < -0.3 is 10.5 Å². The van der Waals surface area contributed by atoms with Gasteiger partial charge in [0.05, 0.1) is 0 Å². The van der Waals surface area contributed by atoms with Crippen LogP contribution in [0.15, 0.2) is 29.8 Å². The van der Waals surface area contributed by atoms with E-state index in [1.54, 1.807) is 0 Å². The van der Waals surface area contributed by atoms with Crippen LogP contribution in [0.1, 0.15) is 18.9 Å². The SMILES string of the molecule is C=C(Cl)COc1cccc(Cl)c1CC(N)CC. The highest BCUT2D eigenvalue weighted by molar-refractivity contribution is 6.31. The van der Waals surface area contributed by atoms with Crippen LogP contribution in [0.4, 0.5) is 0 Å². The summed E-state index contributed by atoms with van der Waals surface area (Å²) < 4.78 is 5.55. The van der Waals surface area contributed by atoms with Gasteiger partial charge in [-0.25, -0.2) is 0 Å². The fourth-order valence-electron chi connectivity index (χ4n) is 1.43. The fraction of sp³-hybridized carbons (Fsp3) is 0.385. The highest BCUT2D eigenvalue weighted by Gasteiger charge is 2.11. The smallest absolute Gasteiger partial charge is 0.124 e. The van der Waals surface area contributed by atoms with E-state index in [4.69, 9.17) is 33.7 Å². The Morgan fingerprint density at radius 3 is 2.82 bits per heavy atom. The van der Waals surface area contributed by atoms with E-state index >= 15 is 0 Å². The molecule has 1 unspecified atom stereocenters. The Labute approximate surface area is 112 Å². The van der Waals surface area contributed by atoms with E-state index in [0.717, 1.165) is 17.7 Å². The zero-order valence-corrected chi connectivity index (χ0v) is 11.4. The molecule has 0 aliphatic heterocycles. The number of halogens is 2. The van der Waals surface area contributed by atoms with Crippen LogP contribution in [0.25, 0.3) is 0 Å². The molecule has 0 spiro atoms. The van der Waals surface area contributed by atoms with Crippen LogP contribution in [0.3, 0.4) is 0 Å². The predicted molar refractivity (Wildman–Crippen MR) is 73.9 cm³/mol. The molecule has 2 N–H and O–H groups in total. The van der Waals surface area contributed by atoms with Gasteiger partial charge in [-0.15, -0.1) is 0 Å². The molecule has 94 valence electrons. The molecule has 0 aromatic heterocycles. The second-order valence-electron chi connectivity index (χ2n) is 3.89. The Balaban J connectivity index is 2.87. The molecular weight excluding hydrogens is 257 g/mol. The van der Waals surface area contributed by atoms with Gasteiger partial charge in [-0.05, 0) is 25.0 Å². The molecule has 2 nitrogen and oxygen atoms in total. The van der Waals surface area contributed by atoms with Gasteiger partial charge in [0, 0.05) is 21.7 Å². The van der Waals surface area contributed by atoms with Gasteiger partial charge >= 0.3 is 0 Å². The number of benzene rings is 1. The summed E-state index contributed by atoms with van der Waals surface area (Å²) >= 11 is 11.8. The number of hydrogen-bond acceptors (Lipinski definition) is 2. The lowest BCUT2D eigenvalue weighted by Crippen LogP contribution is -2.22. The molecule has 0 aliphatic rings. The number of rotatable bonds is 6. The van der Waals surface area contributed by atoms with Crippen LogP contribution in [-0.4, -0.2) is 12.6 Å². The van der Waals surface area contributed by atoms with Gasteiger partial charge in [0.1, 0.15) is 12.4 Å². The van der Waals surface area contributed by atoms with Crippen LogP contribution >= 0.6 is 23.2 Å². The lowest BCUT2D eigenvalue weighted by Gasteiger charge is -2.15. The van der Waals surface area contributed by atoms with Crippen molar-refractivity contribution < 1.29 is 4.74 Å². The molecule has 17 heavy (non-hydrogen) atoms. The van der Waals surface area contributed by atoms with Crippen LogP contribution < -0.4 is 10.5 Å². The van der Waals surface area contributed by atoms with E-state index in [9.17, 15) is 0 Å². The Morgan fingerprint density at radius 1 is 1.53 bits per heavy atom. The van der Waals surface area contributed by atoms with Gasteiger partial charge in [0.25, 0.3) is 0 Å². The first-order valence-electron chi connectivity index (χ1n) is 5.53. The summed E-state index contributed by atoms with van der Waals surface area (Å²) in [6.45, 7) is 5.90. The van der Waals surface area contributed by atoms with Crippen LogP contribution in [0.5, 0.6) is 5.75 Å². The first-order valence-corrected chi connectivity index (χ1v) is 6.29. The molecule has 1 rings (SSSR count). The largest absolute Gasteiger partial charge is 0.488 e. The highest BCUT2D eigenvalue weighted by atomic mass is 35.5. The van der Waals surface area contributed by atoms with Gasteiger partial charge in [-0.2, -0.15) is 0 Å². The zero-order valence-electron chi connectivity index (χ0n) is 9.88. The van der Waals surface area contributed by atoms with E-state index in [1.165, 1.54) is 0 Å². The first kappa shape index (κ1) is 14.4. The van der Waals surface area contributed by atoms with Crippen molar-refractivity contribution >= 4 is 23.2 Å². The second kappa shape index (κ2) is 6.90. The van der Waals surface area contributed by atoms with Gasteiger partial charge in [-0.3, -0.25) is 0 Å². The third kappa shape index (κ3) is 4.58. The Bertz CT molecular complexity index is 393. The summed E-state index contributed by atoms with van der Waals surface area (Å²) in [6.07, 6.45) is 1.59. The van der Waals surface area contributed by atoms with Crippen molar-refractivity contribution in [3.63, 3.8) is 0 Å². The maximum atomic E-state index is 6.15. The van der Waals surface area contributed by atoms with Crippen LogP contribution in [0.2, 0.25) is 5.02 Å². The summed E-state index contributed by atoms with van der Waals surface area (Å²) in [6, 6.07) is 5.62. The molecule has 0 saturated heterocycles. The predicted octanol–water partition coefficient (Wildman–Crippen LogP) is 3.75. The van der Waals surface area contributed by atoms with Crippen molar-refractivity contribution in [2.45, 2.75) is 25.8 Å². The van der Waals surface area contributed by atoms with E-state index in [-0.39, 0.29) is 12.6 Å². The van der Waals surface area contributed by atoms with Crippen molar-refractivity contribution in [3.8, 4) is 5.75 Å². The Hall–Kier alpha value is -0.700. The third-order valence-corrected chi connectivity index (χ3v) is 2.91. The maximum absolute atomic E-state index is 6.15. The van der Waals surface area contributed by atoms with Gasteiger partial charge in [0.2, 0.25) is 0 Å². The zero-order chi connectivity index (χ0) is 12.8. The number of ether oxygens (including phenoxy) is 1. The molecule has 0 aliphatic carbocycles. The summed E-state index contributed by atoms with van der Waals surface area (Å²) in [4.78, 5) is 0. The minimum atomic E-state index is 0.0800. The monoisotopic (exact) mass is 273 g/mol. The lowest BCUT2D eigenvalue weighted by molar-refractivity contribution is 0.354. The molecular formula is C13H17Cl2NO. The van der Waals surface area contributed by atoms with Gasteiger partial charge in [0.15, 0.2) is 0 Å². The van der Waals surface area contributed by atoms with E-state index in [2.05, 4.69) is 6.58 Å². The maximum Gasteiger partial charge on any atom is 0.124 e. The molecule has 1 atom stereocenters. The van der Waals surface area contributed by atoms with E-state index < -0.39 is 0 Å². The molecule has 0 radical (unpaired) electrons. The molecule has 1 aromatic carbocycles. The summed E-state index contributed by atoms with van der Waals surface area (Å²) in [7, 11) is 0. The normalized spacial score (nSPS) is 12.2. The van der Waals surface area contributed by atoms with Crippen molar-refractivity contribution in [3.05, 3.63) is 40.4 Å². The average Bonchev–Trinajstić information content (AvgIpc) is 2.29. The van der Waals surface area contributed by atoms with E-state index in [1.807, 2.05) is 25.1 Å². The number of nitrogens with two attached hydrogens (primary N) is 1. The van der Waals surface area contributed by atoms with E-state index in [0.29, 0.717) is 16.5 Å². The minimum absolute atomic E-state index is 0.0800. The second-order valence-corrected chi connectivity index (χ2v) is 4.84. The standard InChI is InChI=1S/C13H17Cl2NO/c1-3-10(16)7-11-12(15)5-4-6-13(11)17-8-9(2)14/h4-6,10H,2-3,7-8,16H2,1H3. The molecule has 1 aromatic rings. The van der Waals surface area contributed by atoms with Crippen molar-refractivity contribution in [2.75, 3.05) is 6.61 Å².